The fourth-order valence-corrected chi connectivity index (χ4v) is 3.95. The van der Waals surface area contributed by atoms with Crippen molar-refractivity contribution in [1.82, 2.24) is 5.32 Å². The van der Waals surface area contributed by atoms with E-state index in [0.29, 0.717) is 38.0 Å². The van der Waals surface area contributed by atoms with E-state index in [-0.39, 0.29) is 12.7 Å². The molecule has 0 aliphatic carbocycles. The number of hydrogen-bond acceptors (Lipinski definition) is 6. The molecule has 27 heavy (non-hydrogen) atoms. The number of methoxy groups -OCH3 is 1. The second kappa shape index (κ2) is 7.46. The Hall–Kier alpha value is -2.16. The minimum Gasteiger partial charge on any atom is -0.494 e. The lowest BCUT2D eigenvalue weighted by atomic mass is 10.2. The molecule has 0 atom stereocenters. The average Bonchev–Trinajstić information content (AvgIpc) is 3.21. The van der Waals surface area contributed by atoms with Gasteiger partial charge in [-0.15, -0.1) is 0 Å². The first-order valence-electron chi connectivity index (χ1n) is 7.76. The lowest BCUT2D eigenvalue weighted by Gasteiger charge is -2.05. The Labute approximate surface area is 172 Å². The summed E-state index contributed by atoms with van der Waals surface area (Å²) in [5.41, 5.74) is 1.34. The molecule has 0 saturated carbocycles. The van der Waals surface area contributed by atoms with Gasteiger partial charge in [0.1, 0.15) is 11.4 Å². The molecule has 2 heterocycles. The molecule has 2 aromatic carbocycles. The second-order valence-electron chi connectivity index (χ2n) is 5.52. The van der Waals surface area contributed by atoms with Gasteiger partial charge in [0.25, 0.3) is 5.91 Å². The van der Waals surface area contributed by atoms with Crippen LogP contribution < -0.4 is 19.5 Å². The quantitative estimate of drug-likeness (QED) is 0.661. The number of halogens is 2. The molecule has 1 N–H and O–H groups in total. The van der Waals surface area contributed by atoms with Crippen LogP contribution in [0.4, 0.5) is 5.69 Å². The van der Waals surface area contributed by atoms with Crippen LogP contribution in [0.1, 0.15) is 5.56 Å². The number of nitrogens with zero attached hydrogens (tertiary/aromatic N) is 1. The fraction of sp³-hybridized carbons (Fsp3) is 0.111. The number of carbonyl (C=O) groups is 1. The molecule has 2 aromatic rings. The molecule has 1 fully saturated rings. The van der Waals surface area contributed by atoms with Crippen LogP contribution in [0.25, 0.3) is 6.08 Å². The van der Waals surface area contributed by atoms with Crippen molar-refractivity contribution in [3.05, 3.63) is 50.3 Å². The number of aliphatic imine (C=N–C) groups is 1. The Morgan fingerprint density at radius 2 is 2.07 bits per heavy atom. The summed E-state index contributed by atoms with van der Waals surface area (Å²) in [7, 11) is 1.55. The number of benzene rings is 2. The molecule has 138 valence electrons. The summed E-state index contributed by atoms with van der Waals surface area (Å²) in [6.07, 6.45) is 1.77. The van der Waals surface area contributed by atoms with E-state index in [2.05, 4.69) is 26.2 Å². The van der Waals surface area contributed by atoms with Crippen LogP contribution >= 0.6 is 39.3 Å². The van der Waals surface area contributed by atoms with E-state index in [9.17, 15) is 4.79 Å². The van der Waals surface area contributed by atoms with Crippen LogP contribution in [-0.2, 0) is 4.79 Å². The smallest absolute Gasteiger partial charge is 0.264 e. The van der Waals surface area contributed by atoms with Gasteiger partial charge in [0.2, 0.25) is 6.79 Å². The largest absolute Gasteiger partial charge is 0.494 e. The monoisotopic (exact) mass is 466 g/mol. The number of rotatable bonds is 3. The normalized spacial score (nSPS) is 18.3. The lowest BCUT2D eigenvalue weighted by Crippen LogP contribution is -2.19. The van der Waals surface area contributed by atoms with Gasteiger partial charge in [-0.25, -0.2) is 4.99 Å². The van der Waals surface area contributed by atoms with Gasteiger partial charge < -0.3 is 19.5 Å². The zero-order valence-electron chi connectivity index (χ0n) is 13.9. The maximum Gasteiger partial charge on any atom is 0.264 e. The molecule has 6 nitrogen and oxygen atoms in total. The number of ether oxygens (including phenoxy) is 3. The third-order valence-electron chi connectivity index (χ3n) is 3.79. The average molecular weight is 468 g/mol. The molecule has 0 radical (unpaired) electrons. The molecule has 0 unspecified atom stereocenters. The molecule has 4 rings (SSSR count). The maximum absolute atomic E-state index is 12.3. The highest BCUT2D eigenvalue weighted by molar-refractivity contribution is 9.10. The van der Waals surface area contributed by atoms with Crippen LogP contribution in [-0.4, -0.2) is 25.0 Å². The summed E-state index contributed by atoms with van der Waals surface area (Å²) < 4.78 is 16.8. The summed E-state index contributed by atoms with van der Waals surface area (Å²) in [6, 6.07) is 8.76. The number of carbonyl (C=O) groups excluding carboxylic acids is 1. The van der Waals surface area contributed by atoms with E-state index in [0.717, 1.165) is 10.0 Å². The molecule has 1 amide bonds. The minimum atomic E-state index is -0.232. The summed E-state index contributed by atoms with van der Waals surface area (Å²) >= 11 is 10.8. The van der Waals surface area contributed by atoms with E-state index in [1.54, 1.807) is 31.4 Å². The highest BCUT2D eigenvalue weighted by Crippen LogP contribution is 2.39. The predicted molar refractivity (Wildman–Crippen MR) is 109 cm³/mol. The van der Waals surface area contributed by atoms with Crippen molar-refractivity contribution in [1.29, 1.82) is 0 Å². The number of hydrogen-bond donors (Lipinski definition) is 1. The molecule has 2 aliphatic heterocycles. The number of fused-ring (bicyclic) bond motifs is 1. The third-order valence-corrected chi connectivity index (χ3v) is 5.62. The zero-order valence-corrected chi connectivity index (χ0v) is 17.1. The van der Waals surface area contributed by atoms with Gasteiger partial charge in [-0.05, 0) is 53.7 Å². The van der Waals surface area contributed by atoms with Gasteiger partial charge in [-0.1, -0.05) is 27.5 Å². The predicted octanol–water partition coefficient (Wildman–Crippen LogP) is 4.73. The van der Waals surface area contributed by atoms with Crippen LogP contribution in [0.5, 0.6) is 17.2 Å². The first-order chi connectivity index (χ1) is 13.0. The van der Waals surface area contributed by atoms with E-state index < -0.39 is 0 Å². The van der Waals surface area contributed by atoms with Crippen molar-refractivity contribution in [3.63, 3.8) is 0 Å². The Morgan fingerprint density at radius 3 is 2.85 bits per heavy atom. The van der Waals surface area contributed by atoms with Gasteiger partial charge in [-0.2, -0.15) is 0 Å². The molecular weight excluding hydrogens is 456 g/mol. The number of amides is 1. The Bertz CT molecular complexity index is 1010. The van der Waals surface area contributed by atoms with Crippen LogP contribution in [0.15, 0.2) is 44.7 Å². The topological polar surface area (TPSA) is 69.2 Å². The van der Waals surface area contributed by atoms with Crippen molar-refractivity contribution >= 4 is 62.1 Å². The first kappa shape index (κ1) is 18.2. The highest BCUT2D eigenvalue weighted by Gasteiger charge is 2.25. The molecule has 0 bridgehead atoms. The Kier molecular flexibility index (Phi) is 5.03. The van der Waals surface area contributed by atoms with Gasteiger partial charge >= 0.3 is 0 Å². The number of nitrogens with one attached hydrogen (secondary N) is 1. The summed E-state index contributed by atoms with van der Waals surface area (Å²) in [5.74, 6) is 1.65. The van der Waals surface area contributed by atoms with Gasteiger partial charge in [-0.3, -0.25) is 4.79 Å². The number of thioether (sulfide) groups is 1. The van der Waals surface area contributed by atoms with E-state index in [4.69, 9.17) is 25.8 Å². The van der Waals surface area contributed by atoms with Crippen LogP contribution in [0, 0.1) is 0 Å². The van der Waals surface area contributed by atoms with E-state index in [1.807, 2.05) is 12.1 Å². The van der Waals surface area contributed by atoms with Gasteiger partial charge in [0.15, 0.2) is 16.7 Å². The van der Waals surface area contributed by atoms with E-state index in [1.165, 1.54) is 11.8 Å². The minimum absolute atomic E-state index is 0.190. The zero-order chi connectivity index (χ0) is 19.0. The second-order valence-corrected chi connectivity index (χ2v) is 7.85. The van der Waals surface area contributed by atoms with Crippen molar-refractivity contribution in [2.45, 2.75) is 0 Å². The number of amidine groups is 1. The van der Waals surface area contributed by atoms with Crippen molar-refractivity contribution in [2.24, 2.45) is 4.99 Å². The lowest BCUT2D eigenvalue weighted by molar-refractivity contribution is -0.115. The molecule has 9 heteroatoms. The van der Waals surface area contributed by atoms with Crippen molar-refractivity contribution in [3.8, 4) is 17.2 Å². The molecule has 0 aromatic heterocycles. The molecule has 1 saturated heterocycles. The third kappa shape index (κ3) is 3.78. The Morgan fingerprint density at radius 1 is 1.30 bits per heavy atom. The highest BCUT2D eigenvalue weighted by atomic mass is 79.9. The van der Waals surface area contributed by atoms with E-state index >= 15 is 0 Å². The van der Waals surface area contributed by atoms with Crippen molar-refractivity contribution < 1.29 is 19.0 Å². The SMILES string of the molecule is COc1ccc(Cl)cc1N=C1NC(=O)/C(=C/c2cc3c(cc2Br)OCO3)S1. The maximum atomic E-state index is 12.3. The van der Waals surface area contributed by atoms with Crippen molar-refractivity contribution in [2.75, 3.05) is 13.9 Å². The molecule has 0 spiro atoms. The summed E-state index contributed by atoms with van der Waals surface area (Å²) in [4.78, 5) is 17.3. The Balaban J connectivity index is 1.63. The van der Waals surface area contributed by atoms with Crippen LogP contribution in [0.2, 0.25) is 5.02 Å². The summed E-state index contributed by atoms with van der Waals surface area (Å²) in [6.45, 7) is 0.190. The van der Waals surface area contributed by atoms with Crippen LogP contribution in [0.3, 0.4) is 0 Å². The fourth-order valence-electron chi connectivity index (χ4n) is 2.53. The van der Waals surface area contributed by atoms with Gasteiger partial charge in [0, 0.05) is 9.50 Å². The first-order valence-corrected chi connectivity index (χ1v) is 9.74. The molecular formula is C18H12BrClN2O4S. The van der Waals surface area contributed by atoms with Gasteiger partial charge in [0.05, 0.1) is 12.0 Å². The standard InChI is InChI=1S/C18H12BrClN2O4S/c1-24-13-3-2-10(20)6-12(13)21-18-22-17(23)16(27-18)5-9-4-14-15(7-11(9)19)26-8-25-14/h2-7H,8H2,1H3,(H,21,22,23)/b16-5-. The summed E-state index contributed by atoms with van der Waals surface area (Å²) in [5, 5.41) is 3.73. The molecule has 2 aliphatic rings.